The number of aliphatic hydroxyl groups is 1. The van der Waals surface area contributed by atoms with Gasteiger partial charge in [0, 0.05) is 37.1 Å². The molecule has 6 fully saturated rings. The summed E-state index contributed by atoms with van der Waals surface area (Å²) in [6.07, 6.45) is -1.96. The summed E-state index contributed by atoms with van der Waals surface area (Å²) in [7, 11) is 6.42. The van der Waals surface area contributed by atoms with Crippen molar-refractivity contribution in [3.63, 3.8) is 0 Å². The van der Waals surface area contributed by atoms with Crippen LogP contribution in [0.15, 0.2) is 106 Å². The number of hydrogen-bond donors (Lipinski definition) is 4. The Hall–Kier alpha value is -8.06. The summed E-state index contributed by atoms with van der Waals surface area (Å²) in [5, 5.41) is 32.4. The molecule has 6 saturated heterocycles. The zero-order chi connectivity index (χ0) is 70.8. The molecule has 0 bridgehead atoms. The van der Waals surface area contributed by atoms with Gasteiger partial charge >= 0.3 is 11.9 Å². The average molecular weight is 1380 g/mol. The molecule has 27 heteroatoms. The van der Waals surface area contributed by atoms with E-state index in [-0.39, 0.29) is 75.0 Å². The first-order chi connectivity index (χ1) is 47.3. The van der Waals surface area contributed by atoms with Gasteiger partial charge in [-0.2, -0.15) is 0 Å². The third kappa shape index (κ3) is 18.7. The molecule has 99 heavy (non-hydrogen) atoms. The number of ether oxygens (including phenoxy) is 15. The fourth-order valence-corrected chi connectivity index (χ4v) is 12.5. The Morgan fingerprint density at radius 3 is 1.17 bits per heavy atom. The number of amides is 2. The standard InChI is InChI=1S/C36H44N2O11.C24H26N2O6.C12H20O6/c1-35(2)45-31-26(44-34-33(32(31)46-35)47-36(3,4)48-34)20-43-28(40)9-7-8-18-37-27(39)19-25-29(21-10-14-23(41-5)15-11-21)30(38-49-25)22-12-16-24(42-6)17-13-22;1-30-18-10-6-16(7-11-18)23-20(15-21(27)25-14-4-3-5-22(28)29)32-26-24(23)17-8-12-19(31-2)13-9-17;1-11(2)15-7-6(5-13)14-10-9(8(7)16-11)17-12(3,4)18-10/h10-17,26,31-34H,7-9,18-20H2,1-6H3,(H,37,39);6-13H,3-5,14-15H2,1-2H3,(H,25,27)(H,28,29);6-10,13H,5H2,1-4H3. The molecule has 27 nitrogen and oxygen atoms in total. The summed E-state index contributed by atoms with van der Waals surface area (Å²) in [6, 6.07) is 29.9. The second kappa shape index (κ2) is 32.1. The van der Waals surface area contributed by atoms with Gasteiger partial charge in [0.25, 0.3) is 0 Å². The number of carboxylic acids is 1. The summed E-state index contributed by atoms with van der Waals surface area (Å²) >= 11 is 0. The fourth-order valence-electron chi connectivity index (χ4n) is 12.5. The van der Waals surface area contributed by atoms with E-state index < -0.39 is 72.2 Å². The summed E-state index contributed by atoms with van der Waals surface area (Å²) < 4.78 is 97.0. The topological polar surface area (TPSA) is 323 Å². The van der Waals surface area contributed by atoms with Gasteiger partial charge in [-0.05, 0) is 165 Å². The predicted molar refractivity (Wildman–Crippen MR) is 353 cm³/mol. The van der Waals surface area contributed by atoms with E-state index in [1.807, 2.05) is 152 Å². The quantitative estimate of drug-likeness (QED) is 0.0306. The SMILES string of the molecule is CC1(C)OC2OC(CO)C3OC(C)(C)OC3C2O1.COc1ccc(-c2noc(CC(=O)NCCCCC(=O)O)c2-c2ccc(OC)cc2)cc1.COc1ccc(-c2noc(CC(=O)NCCCCC(=O)OCC3OC4OC(C)(C)OC4C4OC(C)(C)OC34)c2-c2ccc(OC)cc2)cc1. The van der Waals surface area contributed by atoms with Gasteiger partial charge in [0.1, 0.15) is 89.8 Å². The number of carboxylic acid groups (broad SMARTS) is 1. The highest BCUT2D eigenvalue weighted by Crippen LogP contribution is 2.47. The molecule has 10 unspecified atom stereocenters. The molecule has 6 aliphatic heterocycles. The van der Waals surface area contributed by atoms with Crippen LogP contribution in [0.25, 0.3) is 44.8 Å². The monoisotopic (exact) mass is 1380 g/mol. The van der Waals surface area contributed by atoms with Crippen molar-refractivity contribution in [2.24, 2.45) is 0 Å². The van der Waals surface area contributed by atoms with Crippen molar-refractivity contribution in [2.45, 2.75) is 191 Å². The Labute approximate surface area is 574 Å². The Morgan fingerprint density at radius 1 is 0.444 bits per heavy atom. The predicted octanol–water partition coefficient (Wildman–Crippen LogP) is 9.11. The number of rotatable bonds is 25. The third-order valence-corrected chi connectivity index (χ3v) is 17.0. The number of hydrogen-bond acceptors (Lipinski definition) is 24. The lowest BCUT2D eigenvalue weighted by Crippen LogP contribution is -2.56. The van der Waals surface area contributed by atoms with Gasteiger partial charge in [-0.3, -0.25) is 19.2 Å². The molecule has 6 aliphatic rings. The van der Waals surface area contributed by atoms with Crippen molar-refractivity contribution in [1.29, 1.82) is 0 Å². The Kier molecular flexibility index (Phi) is 23.9. The maximum atomic E-state index is 13.0. The van der Waals surface area contributed by atoms with Crippen molar-refractivity contribution < 1.29 is 109 Å². The van der Waals surface area contributed by atoms with E-state index in [0.29, 0.717) is 67.4 Å². The third-order valence-electron chi connectivity index (χ3n) is 17.0. The largest absolute Gasteiger partial charge is 0.497 e. The minimum absolute atomic E-state index is 0.00455. The number of methoxy groups -OCH3 is 4. The number of carbonyl (C=O) groups excluding carboxylic acids is 3. The second-order valence-corrected chi connectivity index (χ2v) is 26.2. The van der Waals surface area contributed by atoms with Gasteiger partial charge in [-0.15, -0.1) is 0 Å². The van der Waals surface area contributed by atoms with Crippen LogP contribution in [0.5, 0.6) is 23.0 Å². The maximum Gasteiger partial charge on any atom is 0.305 e. The van der Waals surface area contributed by atoms with Gasteiger partial charge in [-0.1, -0.05) is 34.6 Å². The van der Waals surface area contributed by atoms with Crippen LogP contribution in [0.3, 0.4) is 0 Å². The molecule has 4 N–H and O–H groups in total. The number of fused-ring (bicyclic) bond motifs is 6. The minimum atomic E-state index is -0.840. The molecule has 0 aliphatic carbocycles. The number of carbonyl (C=O) groups is 4. The second-order valence-electron chi connectivity index (χ2n) is 26.2. The maximum absolute atomic E-state index is 13.0. The van der Waals surface area contributed by atoms with E-state index in [1.165, 1.54) is 0 Å². The number of aromatic nitrogens is 2. The number of nitrogens with zero attached hydrogens (tertiary/aromatic N) is 2. The zero-order valence-corrected chi connectivity index (χ0v) is 57.9. The van der Waals surface area contributed by atoms with E-state index >= 15 is 0 Å². The molecule has 10 atom stereocenters. The molecule has 4 aromatic carbocycles. The number of esters is 1. The van der Waals surface area contributed by atoms with E-state index in [4.69, 9.17) is 85.2 Å². The van der Waals surface area contributed by atoms with Crippen LogP contribution in [0.4, 0.5) is 0 Å². The van der Waals surface area contributed by atoms with E-state index in [0.717, 1.165) is 50.6 Å². The van der Waals surface area contributed by atoms with Crippen LogP contribution < -0.4 is 29.6 Å². The summed E-state index contributed by atoms with van der Waals surface area (Å²) in [4.78, 5) is 48.6. The van der Waals surface area contributed by atoms with Crippen LogP contribution in [0.2, 0.25) is 0 Å². The average Bonchev–Trinajstić information content (AvgIpc) is 1.60. The van der Waals surface area contributed by atoms with Crippen LogP contribution in [0, 0.1) is 0 Å². The smallest absolute Gasteiger partial charge is 0.305 e. The number of nitrogens with one attached hydrogen (secondary N) is 2. The van der Waals surface area contributed by atoms with Gasteiger partial charge in [-0.25, -0.2) is 0 Å². The van der Waals surface area contributed by atoms with Crippen LogP contribution in [-0.2, 0) is 84.1 Å². The van der Waals surface area contributed by atoms with Crippen LogP contribution in [-0.4, -0.2) is 184 Å². The van der Waals surface area contributed by atoms with Crippen molar-refractivity contribution in [1.82, 2.24) is 20.9 Å². The lowest BCUT2D eigenvalue weighted by molar-refractivity contribution is -0.242. The van der Waals surface area contributed by atoms with Gasteiger partial charge < -0.3 is 101 Å². The highest BCUT2D eigenvalue weighted by molar-refractivity contribution is 5.88. The van der Waals surface area contributed by atoms with Crippen molar-refractivity contribution >= 4 is 23.8 Å². The lowest BCUT2D eigenvalue weighted by Gasteiger charge is -2.36. The molecule has 536 valence electrons. The first-order valence-corrected chi connectivity index (χ1v) is 33.1. The van der Waals surface area contributed by atoms with Crippen molar-refractivity contribution in [3.8, 4) is 67.8 Å². The van der Waals surface area contributed by atoms with Gasteiger partial charge in [0.2, 0.25) is 11.8 Å². The summed E-state index contributed by atoms with van der Waals surface area (Å²) in [6.45, 7) is 15.3. The van der Waals surface area contributed by atoms with E-state index in [2.05, 4.69) is 20.9 Å². The first-order valence-electron chi connectivity index (χ1n) is 33.1. The van der Waals surface area contributed by atoms with Gasteiger partial charge in [0.15, 0.2) is 47.2 Å². The molecule has 2 amide bonds. The molecule has 0 spiro atoms. The van der Waals surface area contributed by atoms with Crippen molar-refractivity contribution in [3.05, 3.63) is 109 Å². The molecule has 12 rings (SSSR count). The highest BCUT2D eigenvalue weighted by Gasteiger charge is 2.62. The molecular weight excluding hydrogens is 1290 g/mol. The summed E-state index contributed by atoms with van der Waals surface area (Å²) in [5.41, 5.74) is 6.05. The van der Waals surface area contributed by atoms with E-state index in [1.54, 1.807) is 28.4 Å². The molecular formula is C72H90N4O23. The first kappa shape index (κ1) is 73.7. The van der Waals surface area contributed by atoms with Crippen LogP contribution >= 0.6 is 0 Å². The van der Waals surface area contributed by atoms with Crippen LogP contribution in [0.1, 0.15) is 105 Å². The lowest BCUT2D eigenvalue weighted by atomic mass is 9.98. The van der Waals surface area contributed by atoms with Gasteiger partial charge in [0.05, 0.1) is 59.0 Å². The molecule has 6 aromatic rings. The number of aliphatic hydroxyl groups excluding tert-OH is 1. The Bertz CT molecular complexity index is 3670. The number of benzene rings is 4. The molecule has 0 radical (unpaired) electrons. The number of unbranched alkanes of at least 4 members (excludes halogenated alkanes) is 2. The molecule has 0 saturated carbocycles. The molecule has 8 heterocycles. The Balaban J connectivity index is 0.000000180. The number of aliphatic carboxylic acids is 1. The summed E-state index contributed by atoms with van der Waals surface area (Å²) in [5.74, 6) is -0.948. The van der Waals surface area contributed by atoms with E-state index in [9.17, 15) is 24.3 Å². The molecule has 2 aromatic heterocycles. The normalized spacial score (nSPS) is 24.6. The van der Waals surface area contributed by atoms with Crippen molar-refractivity contribution in [2.75, 3.05) is 54.7 Å². The Morgan fingerprint density at radius 2 is 0.788 bits per heavy atom. The minimum Gasteiger partial charge on any atom is -0.497 e. The fraction of sp³-hybridized carbons (Fsp3) is 0.528. The zero-order valence-electron chi connectivity index (χ0n) is 57.9. The highest BCUT2D eigenvalue weighted by atomic mass is 16.9.